The first-order chi connectivity index (χ1) is 7.53. The third kappa shape index (κ3) is 1.65. The van der Waals surface area contributed by atoms with Gasteiger partial charge in [-0.2, -0.15) is 0 Å². The van der Waals surface area contributed by atoms with Crippen LogP contribution in [-0.4, -0.2) is 28.5 Å². The van der Waals surface area contributed by atoms with E-state index in [2.05, 4.69) is 5.32 Å². The monoisotopic (exact) mass is 221 g/mol. The van der Waals surface area contributed by atoms with E-state index in [0.717, 1.165) is 5.69 Å². The van der Waals surface area contributed by atoms with Crippen LogP contribution in [0.5, 0.6) is 0 Å². The Bertz CT molecular complexity index is 457. The molecular weight excluding hydrogens is 210 g/mol. The van der Waals surface area contributed by atoms with Gasteiger partial charge in [-0.3, -0.25) is 4.79 Å². The Morgan fingerprint density at radius 3 is 2.75 bits per heavy atom. The summed E-state index contributed by atoms with van der Waals surface area (Å²) >= 11 is 0. The molecule has 0 amide bonds. The van der Waals surface area contributed by atoms with E-state index in [0.29, 0.717) is 5.56 Å². The summed E-state index contributed by atoms with van der Waals surface area (Å²) in [5.74, 6) is -2.50. The molecule has 1 aliphatic rings. The molecule has 1 aromatic rings. The van der Waals surface area contributed by atoms with Crippen molar-refractivity contribution in [2.75, 3.05) is 11.9 Å². The van der Waals surface area contributed by atoms with Gasteiger partial charge < -0.3 is 15.5 Å². The number of hydrogen-bond acceptors (Lipinski definition) is 4. The number of hydrogen-bond donors (Lipinski definition) is 3. The van der Waals surface area contributed by atoms with Crippen LogP contribution in [0, 0.1) is 0 Å². The molecule has 1 unspecified atom stereocenters. The summed E-state index contributed by atoms with van der Waals surface area (Å²) in [5, 5.41) is 21.7. The van der Waals surface area contributed by atoms with E-state index >= 15 is 0 Å². The summed E-state index contributed by atoms with van der Waals surface area (Å²) in [6.45, 7) is 0.158. The van der Waals surface area contributed by atoms with Crippen molar-refractivity contribution >= 4 is 17.4 Å². The third-order valence-electron chi connectivity index (χ3n) is 2.69. The van der Waals surface area contributed by atoms with Crippen molar-refractivity contribution in [2.24, 2.45) is 0 Å². The number of aliphatic carboxylic acids is 1. The Morgan fingerprint density at radius 2 is 2.06 bits per heavy atom. The zero-order valence-corrected chi connectivity index (χ0v) is 8.43. The molecule has 0 bridgehead atoms. The standard InChI is InChI=1S/C11H11NO4/c13-9(10(14)15)5-11(16)6-12-8-4-2-1-3-7(8)11/h1-4,12,16H,5-6H2,(H,14,15). The van der Waals surface area contributed by atoms with Crippen molar-refractivity contribution in [1.29, 1.82) is 0 Å². The molecule has 0 aliphatic carbocycles. The number of carbonyl (C=O) groups is 2. The van der Waals surface area contributed by atoms with Crippen LogP contribution in [0.25, 0.3) is 0 Å². The Morgan fingerprint density at radius 1 is 1.38 bits per heavy atom. The molecule has 0 saturated heterocycles. The van der Waals surface area contributed by atoms with Gasteiger partial charge in [0, 0.05) is 17.8 Å². The first kappa shape index (κ1) is 10.6. The van der Waals surface area contributed by atoms with Crippen LogP contribution in [0.3, 0.4) is 0 Å². The smallest absolute Gasteiger partial charge is 0.372 e. The third-order valence-corrected chi connectivity index (χ3v) is 2.69. The summed E-state index contributed by atoms with van der Waals surface area (Å²) in [7, 11) is 0. The summed E-state index contributed by atoms with van der Waals surface area (Å²) in [5.41, 5.74) is -0.0979. The summed E-state index contributed by atoms with van der Waals surface area (Å²) < 4.78 is 0. The van der Waals surface area contributed by atoms with Gasteiger partial charge in [-0.15, -0.1) is 0 Å². The molecule has 5 nitrogen and oxygen atoms in total. The van der Waals surface area contributed by atoms with Gasteiger partial charge in [0.25, 0.3) is 0 Å². The Labute approximate surface area is 91.7 Å². The second-order valence-corrected chi connectivity index (χ2v) is 3.84. The predicted molar refractivity (Wildman–Crippen MR) is 56.1 cm³/mol. The number of anilines is 1. The number of aliphatic hydroxyl groups is 1. The second-order valence-electron chi connectivity index (χ2n) is 3.84. The van der Waals surface area contributed by atoms with E-state index in [1.165, 1.54) is 0 Å². The van der Waals surface area contributed by atoms with Crippen molar-refractivity contribution in [3.05, 3.63) is 29.8 Å². The zero-order chi connectivity index (χ0) is 11.8. The van der Waals surface area contributed by atoms with Crippen molar-refractivity contribution < 1.29 is 19.8 Å². The van der Waals surface area contributed by atoms with Crippen molar-refractivity contribution in [2.45, 2.75) is 12.0 Å². The molecule has 3 N–H and O–H groups in total. The Hall–Kier alpha value is -1.88. The van der Waals surface area contributed by atoms with Crippen LogP contribution in [0.2, 0.25) is 0 Å². The lowest BCUT2D eigenvalue weighted by atomic mass is 9.91. The topological polar surface area (TPSA) is 86.6 Å². The van der Waals surface area contributed by atoms with Crippen LogP contribution in [0.15, 0.2) is 24.3 Å². The molecule has 1 aromatic carbocycles. The Balaban J connectivity index is 2.28. The van der Waals surface area contributed by atoms with Crippen LogP contribution in [0.4, 0.5) is 5.69 Å². The average molecular weight is 221 g/mol. The Kier molecular flexibility index (Phi) is 2.40. The quantitative estimate of drug-likeness (QED) is 0.641. The number of ketones is 1. The highest BCUT2D eigenvalue weighted by Gasteiger charge is 2.39. The lowest BCUT2D eigenvalue weighted by Crippen LogP contribution is -2.33. The number of carboxylic acids is 1. The fourth-order valence-electron chi connectivity index (χ4n) is 1.88. The largest absolute Gasteiger partial charge is 0.475 e. The number of fused-ring (bicyclic) bond motifs is 1. The molecule has 0 fully saturated rings. The van der Waals surface area contributed by atoms with Gasteiger partial charge in [0.05, 0.1) is 6.42 Å². The molecule has 0 saturated carbocycles. The molecule has 1 atom stereocenters. The molecule has 0 spiro atoms. The molecule has 5 heteroatoms. The van der Waals surface area contributed by atoms with Gasteiger partial charge in [-0.1, -0.05) is 18.2 Å². The lowest BCUT2D eigenvalue weighted by molar-refractivity contribution is -0.151. The summed E-state index contributed by atoms with van der Waals surface area (Å²) in [6, 6.07) is 7.00. The fourth-order valence-corrected chi connectivity index (χ4v) is 1.88. The van der Waals surface area contributed by atoms with Gasteiger partial charge in [0.15, 0.2) is 0 Å². The normalized spacial score (nSPS) is 22.3. The van der Waals surface area contributed by atoms with Crippen LogP contribution in [0.1, 0.15) is 12.0 Å². The molecule has 0 radical (unpaired) electrons. The molecule has 1 heterocycles. The van der Waals surface area contributed by atoms with Gasteiger partial charge in [-0.25, -0.2) is 4.79 Å². The van der Waals surface area contributed by atoms with Crippen LogP contribution in [-0.2, 0) is 15.2 Å². The zero-order valence-electron chi connectivity index (χ0n) is 8.43. The van der Waals surface area contributed by atoms with E-state index in [1.807, 2.05) is 0 Å². The van der Waals surface area contributed by atoms with Crippen molar-refractivity contribution in [3.63, 3.8) is 0 Å². The highest BCUT2D eigenvalue weighted by Crippen LogP contribution is 2.36. The SMILES string of the molecule is O=C(O)C(=O)CC1(O)CNc2ccccc21. The van der Waals surface area contributed by atoms with Crippen molar-refractivity contribution in [1.82, 2.24) is 0 Å². The number of β-amino-alcohol motifs (C(OH)–C–C–N with tert-alkyl or cyclic N) is 1. The highest BCUT2D eigenvalue weighted by atomic mass is 16.4. The van der Waals surface area contributed by atoms with Crippen LogP contribution >= 0.6 is 0 Å². The fraction of sp³-hybridized carbons (Fsp3) is 0.273. The van der Waals surface area contributed by atoms with E-state index in [-0.39, 0.29) is 6.54 Å². The first-order valence-corrected chi connectivity index (χ1v) is 4.85. The number of nitrogens with one attached hydrogen (secondary N) is 1. The van der Waals surface area contributed by atoms with Gasteiger partial charge >= 0.3 is 5.97 Å². The number of para-hydroxylation sites is 1. The molecule has 2 rings (SSSR count). The molecule has 16 heavy (non-hydrogen) atoms. The van der Waals surface area contributed by atoms with E-state index < -0.39 is 23.8 Å². The van der Waals surface area contributed by atoms with E-state index in [1.54, 1.807) is 24.3 Å². The number of benzene rings is 1. The average Bonchev–Trinajstić information content (AvgIpc) is 2.57. The summed E-state index contributed by atoms with van der Waals surface area (Å²) in [6.07, 6.45) is -0.410. The number of rotatable bonds is 3. The minimum Gasteiger partial charge on any atom is -0.475 e. The lowest BCUT2D eigenvalue weighted by Gasteiger charge is -2.20. The van der Waals surface area contributed by atoms with E-state index in [4.69, 9.17) is 5.11 Å². The van der Waals surface area contributed by atoms with E-state index in [9.17, 15) is 14.7 Å². The number of carbonyl (C=O) groups excluding carboxylic acids is 1. The van der Waals surface area contributed by atoms with Gasteiger partial charge in [0.1, 0.15) is 5.60 Å². The molecular formula is C11H11NO4. The molecule has 1 aliphatic heterocycles. The predicted octanol–water partition coefficient (Wildman–Crippen LogP) is 0.343. The number of Topliss-reactive ketones (excluding diaryl/α,β-unsaturated/α-hetero) is 1. The minimum atomic E-state index is -1.52. The second kappa shape index (κ2) is 3.61. The molecule has 0 aromatic heterocycles. The van der Waals surface area contributed by atoms with Crippen LogP contribution < -0.4 is 5.32 Å². The minimum absolute atomic E-state index is 0.158. The maximum absolute atomic E-state index is 11.1. The molecule has 84 valence electrons. The maximum atomic E-state index is 11.1. The highest BCUT2D eigenvalue weighted by molar-refractivity contribution is 6.32. The maximum Gasteiger partial charge on any atom is 0.372 e. The summed E-state index contributed by atoms with van der Waals surface area (Å²) in [4.78, 5) is 21.6. The first-order valence-electron chi connectivity index (χ1n) is 4.85. The van der Waals surface area contributed by atoms with Gasteiger partial charge in [-0.05, 0) is 6.07 Å². The van der Waals surface area contributed by atoms with Gasteiger partial charge in [0.2, 0.25) is 5.78 Å². The van der Waals surface area contributed by atoms with Crippen molar-refractivity contribution in [3.8, 4) is 0 Å². The number of carboxylic acid groups (broad SMARTS) is 1.